The number of aliphatic hydroxyl groups is 1. The Morgan fingerprint density at radius 1 is 1.13 bits per heavy atom. The average Bonchev–Trinajstić information content (AvgIpc) is 2.90. The molecular formula is C23H30N4O4. The summed E-state index contributed by atoms with van der Waals surface area (Å²) < 4.78 is 11.2. The molecule has 1 amide bonds. The third-order valence-corrected chi connectivity index (χ3v) is 5.38. The second-order valence-electron chi connectivity index (χ2n) is 7.77. The SMILES string of the molecule is NC(N)=NC(=O)COc1ccc2c(c1)C(N)C(C[C@H](O)COc1ccccc1)CCC2. The number of fused-ring (bicyclic) bond motifs is 1. The van der Waals surface area contributed by atoms with Crippen molar-refractivity contribution < 1.29 is 19.4 Å². The van der Waals surface area contributed by atoms with Crippen LogP contribution in [-0.2, 0) is 11.2 Å². The van der Waals surface area contributed by atoms with Crippen LogP contribution in [0.2, 0.25) is 0 Å². The molecule has 0 heterocycles. The second-order valence-corrected chi connectivity index (χ2v) is 7.77. The highest BCUT2D eigenvalue weighted by atomic mass is 16.5. The van der Waals surface area contributed by atoms with Crippen LogP contribution in [0.4, 0.5) is 0 Å². The lowest BCUT2D eigenvalue weighted by atomic mass is 9.87. The van der Waals surface area contributed by atoms with Gasteiger partial charge >= 0.3 is 0 Å². The van der Waals surface area contributed by atoms with Gasteiger partial charge in [-0.05, 0) is 67.0 Å². The van der Waals surface area contributed by atoms with Crippen LogP contribution in [0.1, 0.15) is 36.4 Å². The average molecular weight is 427 g/mol. The van der Waals surface area contributed by atoms with Crippen molar-refractivity contribution in [2.75, 3.05) is 13.2 Å². The molecule has 166 valence electrons. The summed E-state index contributed by atoms with van der Waals surface area (Å²) in [6, 6.07) is 14.8. The molecule has 2 aromatic rings. The molecule has 0 aromatic heterocycles. The minimum atomic E-state index is -0.616. The summed E-state index contributed by atoms with van der Waals surface area (Å²) in [6.07, 6.45) is 2.73. The highest BCUT2D eigenvalue weighted by Crippen LogP contribution is 2.36. The molecule has 0 fully saturated rings. The van der Waals surface area contributed by atoms with Crippen molar-refractivity contribution in [3.63, 3.8) is 0 Å². The number of carbonyl (C=O) groups excluding carboxylic acids is 1. The summed E-state index contributed by atoms with van der Waals surface area (Å²) in [5, 5.41) is 10.5. The van der Waals surface area contributed by atoms with Gasteiger partial charge in [0.1, 0.15) is 18.1 Å². The predicted molar refractivity (Wildman–Crippen MR) is 119 cm³/mol. The molecule has 0 saturated carbocycles. The normalized spacial score (nSPS) is 18.9. The first-order valence-corrected chi connectivity index (χ1v) is 10.4. The fourth-order valence-electron chi connectivity index (χ4n) is 3.90. The van der Waals surface area contributed by atoms with Crippen LogP contribution in [0.5, 0.6) is 11.5 Å². The van der Waals surface area contributed by atoms with Gasteiger partial charge in [0.2, 0.25) is 0 Å². The van der Waals surface area contributed by atoms with E-state index in [0.29, 0.717) is 12.2 Å². The number of amides is 1. The van der Waals surface area contributed by atoms with Gasteiger partial charge in [-0.25, -0.2) is 0 Å². The number of aliphatic imine (C=N–C) groups is 1. The number of hydrogen-bond donors (Lipinski definition) is 4. The smallest absolute Gasteiger partial charge is 0.286 e. The van der Waals surface area contributed by atoms with Gasteiger partial charge in [0.15, 0.2) is 12.6 Å². The number of ether oxygens (including phenoxy) is 2. The second kappa shape index (κ2) is 10.8. The van der Waals surface area contributed by atoms with E-state index < -0.39 is 12.0 Å². The highest BCUT2D eigenvalue weighted by molar-refractivity contribution is 5.92. The summed E-state index contributed by atoms with van der Waals surface area (Å²) in [5.41, 5.74) is 19.2. The Bertz CT molecular complexity index is 900. The van der Waals surface area contributed by atoms with Crippen molar-refractivity contribution in [1.82, 2.24) is 0 Å². The molecular weight excluding hydrogens is 396 g/mol. The van der Waals surface area contributed by atoms with Crippen molar-refractivity contribution >= 4 is 11.9 Å². The van der Waals surface area contributed by atoms with Crippen LogP contribution in [0, 0.1) is 5.92 Å². The molecule has 1 aliphatic carbocycles. The Kier molecular flexibility index (Phi) is 7.86. The molecule has 7 N–H and O–H groups in total. The summed E-state index contributed by atoms with van der Waals surface area (Å²) in [7, 11) is 0. The van der Waals surface area contributed by atoms with Crippen LogP contribution in [-0.4, -0.2) is 36.3 Å². The van der Waals surface area contributed by atoms with Gasteiger partial charge < -0.3 is 31.8 Å². The Hall–Kier alpha value is -3.10. The van der Waals surface area contributed by atoms with E-state index in [-0.39, 0.29) is 31.1 Å². The largest absolute Gasteiger partial charge is 0.491 e. The van der Waals surface area contributed by atoms with Gasteiger partial charge in [-0.1, -0.05) is 24.3 Å². The molecule has 2 aromatic carbocycles. The fourth-order valence-corrected chi connectivity index (χ4v) is 3.90. The molecule has 0 radical (unpaired) electrons. The third-order valence-electron chi connectivity index (χ3n) is 5.38. The quantitative estimate of drug-likeness (QED) is 0.285. The van der Waals surface area contributed by atoms with Crippen molar-refractivity contribution in [3.05, 3.63) is 59.7 Å². The summed E-state index contributed by atoms with van der Waals surface area (Å²) in [5.74, 6) is 0.513. The number of aliphatic hydroxyl groups excluding tert-OH is 1. The van der Waals surface area contributed by atoms with Crippen LogP contribution >= 0.6 is 0 Å². The number of nitrogens with two attached hydrogens (primary N) is 3. The van der Waals surface area contributed by atoms with Crippen molar-refractivity contribution in [3.8, 4) is 11.5 Å². The Morgan fingerprint density at radius 2 is 1.90 bits per heavy atom. The Labute approximate surface area is 182 Å². The molecule has 8 heteroatoms. The van der Waals surface area contributed by atoms with Crippen LogP contribution < -0.4 is 26.7 Å². The van der Waals surface area contributed by atoms with Crippen LogP contribution in [0.3, 0.4) is 0 Å². The molecule has 0 saturated heterocycles. The number of guanidine groups is 1. The zero-order valence-corrected chi connectivity index (χ0v) is 17.4. The van der Waals surface area contributed by atoms with Gasteiger partial charge in [0.25, 0.3) is 5.91 Å². The number of hydrogen-bond acceptors (Lipinski definition) is 5. The zero-order chi connectivity index (χ0) is 22.2. The number of aryl methyl sites for hydroxylation is 1. The first kappa shape index (κ1) is 22.6. The number of carbonyl (C=O) groups is 1. The van der Waals surface area contributed by atoms with Gasteiger partial charge in [-0.2, -0.15) is 4.99 Å². The Morgan fingerprint density at radius 3 is 2.65 bits per heavy atom. The van der Waals surface area contributed by atoms with Gasteiger partial charge in [-0.15, -0.1) is 0 Å². The zero-order valence-electron chi connectivity index (χ0n) is 17.4. The molecule has 0 spiro atoms. The van der Waals surface area contributed by atoms with E-state index in [9.17, 15) is 9.90 Å². The van der Waals surface area contributed by atoms with E-state index in [1.165, 1.54) is 0 Å². The highest BCUT2D eigenvalue weighted by Gasteiger charge is 2.27. The van der Waals surface area contributed by atoms with Gasteiger partial charge in [-0.3, -0.25) is 4.79 Å². The topological polar surface area (TPSA) is 146 Å². The molecule has 31 heavy (non-hydrogen) atoms. The first-order valence-electron chi connectivity index (χ1n) is 10.4. The molecule has 3 rings (SSSR count). The van der Waals surface area contributed by atoms with Gasteiger partial charge in [0.05, 0.1) is 6.10 Å². The third kappa shape index (κ3) is 6.70. The molecule has 3 atom stereocenters. The van der Waals surface area contributed by atoms with Crippen molar-refractivity contribution in [1.29, 1.82) is 0 Å². The summed E-state index contributed by atoms with van der Waals surface area (Å²) in [6.45, 7) is -0.0406. The standard InChI is InChI=1S/C23H30N4O4/c24-22-16(11-17(28)13-30-18-7-2-1-3-8-18)6-4-5-15-9-10-19(12-20(15)22)31-14-21(29)27-23(25)26/h1-3,7-10,12,16-17,22,28H,4-6,11,13-14,24H2,(H4,25,26,27,29)/t16?,17-,22?/m0/s1. The van der Waals surface area contributed by atoms with E-state index in [1.54, 1.807) is 0 Å². The summed E-state index contributed by atoms with van der Waals surface area (Å²) >= 11 is 0. The van der Waals surface area contributed by atoms with E-state index in [0.717, 1.165) is 36.1 Å². The first-order chi connectivity index (χ1) is 14.9. The van der Waals surface area contributed by atoms with Crippen LogP contribution in [0.15, 0.2) is 53.5 Å². The molecule has 8 nitrogen and oxygen atoms in total. The molecule has 0 bridgehead atoms. The minimum absolute atomic E-state index is 0.106. The number of para-hydroxylation sites is 1. The van der Waals surface area contributed by atoms with Crippen molar-refractivity contribution in [2.45, 2.75) is 37.8 Å². The number of nitrogens with zero attached hydrogens (tertiary/aromatic N) is 1. The Balaban J connectivity index is 1.62. The lowest BCUT2D eigenvalue weighted by Gasteiger charge is -2.25. The van der Waals surface area contributed by atoms with E-state index in [4.69, 9.17) is 26.7 Å². The van der Waals surface area contributed by atoms with Gasteiger partial charge in [0, 0.05) is 6.04 Å². The maximum Gasteiger partial charge on any atom is 0.286 e. The predicted octanol–water partition coefficient (Wildman–Crippen LogP) is 1.65. The van der Waals surface area contributed by atoms with Crippen LogP contribution in [0.25, 0.3) is 0 Å². The monoisotopic (exact) mass is 426 g/mol. The lowest BCUT2D eigenvalue weighted by molar-refractivity contribution is -0.119. The van der Waals surface area contributed by atoms with E-state index in [1.807, 2.05) is 48.5 Å². The lowest BCUT2D eigenvalue weighted by Crippen LogP contribution is -2.28. The maximum absolute atomic E-state index is 11.6. The minimum Gasteiger partial charge on any atom is -0.491 e. The van der Waals surface area contributed by atoms with E-state index >= 15 is 0 Å². The van der Waals surface area contributed by atoms with E-state index in [2.05, 4.69) is 4.99 Å². The number of rotatable bonds is 8. The summed E-state index contributed by atoms with van der Waals surface area (Å²) in [4.78, 5) is 15.1. The molecule has 2 unspecified atom stereocenters. The molecule has 1 aliphatic rings. The fraction of sp³-hybridized carbons (Fsp3) is 0.391. The molecule has 0 aliphatic heterocycles. The maximum atomic E-state index is 11.6. The number of benzene rings is 2. The van der Waals surface area contributed by atoms with Crippen molar-refractivity contribution in [2.24, 2.45) is 28.1 Å².